The predicted molar refractivity (Wildman–Crippen MR) is 82.5 cm³/mol. The molecule has 10 heteroatoms. The van der Waals surface area contributed by atoms with E-state index in [1.807, 2.05) is 0 Å². The highest BCUT2D eigenvalue weighted by molar-refractivity contribution is 7.80. The predicted octanol–water partition coefficient (Wildman–Crippen LogP) is 2.08. The molecular formula is C13H11N3O6S. The molecule has 0 saturated heterocycles. The Bertz CT molecular complexity index is 730. The molecule has 0 saturated carbocycles. The van der Waals surface area contributed by atoms with Gasteiger partial charge in [0.05, 0.1) is 11.0 Å². The van der Waals surface area contributed by atoms with Gasteiger partial charge < -0.3 is 10.2 Å². The topological polar surface area (TPSA) is 133 Å². The van der Waals surface area contributed by atoms with E-state index in [1.54, 1.807) is 0 Å². The first-order valence-electron chi connectivity index (χ1n) is 6.32. The molecule has 2 atom stereocenters. The Balaban J connectivity index is 2.58. The fraction of sp³-hybridized carbons (Fsp3) is 0.231. The first-order valence-corrected chi connectivity index (χ1v) is 6.73. The lowest BCUT2D eigenvalue weighted by Crippen LogP contribution is -2.48. The Morgan fingerprint density at radius 1 is 1.30 bits per heavy atom. The number of benzene rings is 1. The van der Waals surface area contributed by atoms with Gasteiger partial charge in [-0.1, -0.05) is 12.1 Å². The summed E-state index contributed by atoms with van der Waals surface area (Å²) in [6.07, 6.45) is -1.44. The Morgan fingerprint density at radius 2 is 1.87 bits per heavy atom. The third-order valence-corrected chi connectivity index (χ3v) is 3.73. The number of hydrogen-bond acceptors (Lipinski definition) is 5. The molecule has 1 aromatic carbocycles. The van der Waals surface area contributed by atoms with Crippen molar-refractivity contribution >= 4 is 40.8 Å². The van der Waals surface area contributed by atoms with Gasteiger partial charge in [-0.3, -0.25) is 14.9 Å². The summed E-state index contributed by atoms with van der Waals surface area (Å²) in [5.41, 5.74) is 0.261. The summed E-state index contributed by atoms with van der Waals surface area (Å²) in [4.78, 5) is 37.6. The highest BCUT2D eigenvalue weighted by Crippen LogP contribution is 2.35. The summed E-state index contributed by atoms with van der Waals surface area (Å²) in [7, 11) is 0. The van der Waals surface area contributed by atoms with Crippen LogP contribution in [-0.2, 0) is 4.79 Å². The normalized spacial score (nSPS) is 20.8. The first kappa shape index (κ1) is 16.5. The Morgan fingerprint density at radius 3 is 2.30 bits per heavy atom. The van der Waals surface area contributed by atoms with Crippen LogP contribution in [-0.4, -0.2) is 42.9 Å². The molecule has 0 spiro atoms. The van der Waals surface area contributed by atoms with E-state index in [0.29, 0.717) is 4.90 Å². The number of rotatable bonds is 3. The van der Waals surface area contributed by atoms with Gasteiger partial charge in [0.25, 0.3) is 5.69 Å². The number of nitro groups is 1. The minimum Gasteiger partial charge on any atom is -0.481 e. The van der Waals surface area contributed by atoms with Gasteiger partial charge >= 0.3 is 12.1 Å². The number of thiocarbonyl (C=S) groups is 1. The molecule has 0 aliphatic carbocycles. The second-order valence-electron chi connectivity index (χ2n) is 4.80. The van der Waals surface area contributed by atoms with Crippen LogP contribution in [0.1, 0.15) is 18.5 Å². The van der Waals surface area contributed by atoms with Crippen molar-refractivity contribution in [3.05, 3.63) is 39.9 Å². The fourth-order valence-electron chi connectivity index (χ4n) is 2.42. The maximum absolute atomic E-state index is 11.5. The van der Waals surface area contributed by atoms with Crippen molar-refractivity contribution in [2.45, 2.75) is 13.0 Å². The third kappa shape index (κ3) is 3.01. The van der Waals surface area contributed by atoms with E-state index in [0.717, 1.165) is 0 Å². The number of hydrogen-bond donors (Lipinski definition) is 2. The molecule has 0 radical (unpaired) electrons. The summed E-state index contributed by atoms with van der Waals surface area (Å²) in [6, 6.07) is 3.85. The van der Waals surface area contributed by atoms with Crippen LogP contribution in [0.2, 0.25) is 0 Å². The van der Waals surface area contributed by atoms with Gasteiger partial charge in [0.1, 0.15) is 5.92 Å². The summed E-state index contributed by atoms with van der Waals surface area (Å²) in [5, 5.41) is 29.2. The molecule has 1 aliphatic heterocycles. The molecule has 23 heavy (non-hydrogen) atoms. The van der Waals surface area contributed by atoms with Crippen LogP contribution in [0.4, 0.5) is 10.5 Å². The molecule has 1 amide bonds. The van der Waals surface area contributed by atoms with E-state index >= 15 is 0 Å². The van der Waals surface area contributed by atoms with Gasteiger partial charge in [-0.2, -0.15) is 0 Å². The molecular weight excluding hydrogens is 326 g/mol. The number of carbonyl (C=O) groups is 2. The van der Waals surface area contributed by atoms with Crippen molar-refractivity contribution in [1.29, 1.82) is 0 Å². The number of non-ortho nitro benzene ring substituents is 1. The maximum atomic E-state index is 11.5. The van der Waals surface area contributed by atoms with Crippen LogP contribution >= 0.6 is 12.2 Å². The van der Waals surface area contributed by atoms with Crippen molar-refractivity contribution in [2.75, 3.05) is 0 Å². The van der Waals surface area contributed by atoms with E-state index < -0.39 is 28.9 Å². The lowest BCUT2D eigenvalue weighted by atomic mass is 9.87. The van der Waals surface area contributed by atoms with Crippen molar-refractivity contribution in [3.63, 3.8) is 0 Å². The number of amides is 1. The minimum absolute atomic E-state index is 0.170. The highest BCUT2D eigenvalue weighted by atomic mass is 32.1. The summed E-state index contributed by atoms with van der Waals surface area (Å²) in [6.45, 7) is 1.45. The van der Waals surface area contributed by atoms with Gasteiger partial charge in [-0.05, 0) is 24.7 Å². The van der Waals surface area contributed by atoms with Gasteiger partial charge in [0.2, 0.25) is 5.11 Å². The second-order valence-corrected chi connectivity index (χ2v) is 5.16. The molecule has 2 N–H and O–H groups in total. The molecule has 0 aromatic heterocycles. The molecule has 2 rings (SSSR count). The third-order valence-electron chi connectivity index (χ3n) is 3.44. The number of nitrogens with zero attached hydrogens (tertiary/aromatic N) is 3. The zero-order chi connectivity index (χ0) is 17.3. The zero-order valence-corrected chi connectivity index (χ0v) is 12.6. The average Bonchev–Trinajstić information content (AvgIpc) is 2.45. The molecule has 120 valence electrons. The maximum Gasteiger partial charge on any atom is 0.414 e. The molecule has 1 heterocycles. The second kappa shape index (κ2) is 6.08. The van der Waals surface area contributed by atoms with E-state index in [-0.39, 0.29) is 22.1 Å². The van der Waals surface area contributed by atoms with Crippen molar-refractivity contribution in [1.82, 2.24) is 4.90 Å². The minimum atomic E-state index is -1.44. The molecule has 0 fully saturated rings. The monoisotopic (exact) mass is 337 g/mol. The van der Waals surface area contributed by atoms with E-state index in [9.17, 15) is 29.9 Å². The number of nitro benzene ring substituents is 1. The SMILES string of the molecule is CC1=NC(=S)N(C(=O)O)C(c2ccc([N+](=O)[O-])cc2)C1C(=O)O. The molecule has 1 aromatic rings. The van der Waals surface area contributed by atoms with Crippen molar-refractivity contribution < 1.29 is 24.7 Å². The molecule has 1 aliphatic rings. The lowest BCUT2D eigenvalue weighted by molar-refractivity contribution is -0.384. The fourth-order valence-corrected chi connectivity index (χ4v) is 2.76. The summed E-state index contributed by atoms with van der Waals surface area (Å²) >= 11 is 4.92. The largest absolute Gasteiger partial charge is 0.481 e. The van der Waals surface area contributed by atoms with Gasteiger partial charge in [-0.25, -0.2) is 14.7 Å². The van der Waals surface area contributed by atoms with Gasteiger partial charge in [-0.15, -0.1) is 0 Å². The molecule has 9 nitrogen and oxygen atoms in total. The van der Waals surface area contributed by atoms with Crippen LogP contribution in [0.25, 0.3) is 0 Å². The summed E-state index contributed by atoms with van der Waals surface area (Å²) < 4.78 is 0. The number of aliphatic carboxylic acids is 1. The summed E-state index contributed by atoms with van der Waals surface area (Å²) in [5.74, 6) is -2.50. The van der Waals surface area contributed by atoms with Crippen molar-refractivity contribution in [3.8, 4) is 0 Å². The van der Waals surface area contributed by atoms with E-state index in [4.69, 9.17) is 12.2 Å². The first-order chi connectivity index (χ1) is 10.7. The van der Waals surface area contributed by atoms with Crippen LogP contribution in [0.3, 0.4) is 0 Å². The van der Waals surface area contributed by atoms with Crippen molar-refractivity contribution in [2.24, 2.45) is 10.9 Å². The van der Waals surface area contributed by atoms with Crippen LogP contribution < -0.4 is 0 Å². The van der Waals surface area contributed by atoms with E-state index in [1.165, 1.54) is 31.2 Å². The highest BCUT2D eigenvalue weighted by Gasteiger charge is 2.43. The van der Waals surface area contributed by atoms with Gasteiger partial charge in [0.15, 0.2) is 0 Å². The molecule has 0 bridgehead atoms. The van der Waals surface area contributed by atoms with Crippen LogP contribution in [0, 0.1) is 16.0 Å². The standard InChI is InChI=1S/C13H11N3O6S/c1-6-9(11(17)18)10(15(13(19)20)12(23)14-6)7-2-4-8(5-3-7)16(21)22/h2-5,9-10H,1H3,(H,17,18)(H,19,20). The van der Waals surface area contributed by atoms with Crippen LogP contribution in [0.5, 0.6) is 0 Å². The smallest absolute Gasteiger partial charge is 0.414 e. The van der Waals surface area contributed by atoms with Crippen LogP contribution in [0.15, 0.2) is 29.3 Å². The Labute approximate surface area is 135 Å². The number of carboxylic acid groups (broad SMARTS) is 2. The number of carboxylic acids is 1. The zero-order valence-electron chi connectivity index (χ0n) is 11.7. The number of aliphatic imine (C=N–C) groups is 1. The Hall–Kier alpha value is -2.88. The quantitative estimate of drug-likeness (QED) is 0.490. The van der Waals surface area contributed by atoms with E-state index in [2.05, 4.69) is 4.99 Å². The average molecular weight is 337 g/mol. The molecule has 2 unspecified atom stereocenters. The lowest BCUT2D eigenvalue weighted by Gasteiger charge is -2.36. The van der Waals surface area contributed by atoms with Gasteiger partial charge in [0, 0.05) is 17.8 Å². The Kier molecular flexibility index (Phi) is 4.36.